The second kappa shape index (κ2) is 2.03. The van der Waals surface area contributed by atoms with Crippen molar-refractivity contribution in [1.82, 2.24) is 9.55 Å². The summed E-state index contributed by atoms with van der Waals surface area (Å²) in [5.74, 6) is 0.271. The van der Waals surface area contributed by atoms with E-state index in [9.17, 15) is 5.11 Å². The molecule has 0 amide bonds. The van der Waals surface area contributed by atoms with Gasteiger partial charge >= 0.3 is 0 Å². The summed E-state index contributed by atoms with van der Waals surface area (Å²) < 4.78 is 1.83. The molecule has 4 N–H and O–H groups in total. The summed E-state index contributed by atoms with van der Waals surface area (Å²) in [6, 6.07) is 1.83. The number of aromatic amines is 1. The summed E-state index contributed by atoms with van der Waals surface area (Å²) >= 11 is 0. The molecule has 11 heavy (non-hydrogen) atoms. The minimum Gasteiger partial charge on any atom is -0.506 e. The van der Waals surface area contributed by atoms with E-state index >= 15 is 0 Å². The van der Waals surface area contributed by atoms with E-state index in [1.807, 2.05) is 16.8 Å². The van der Waals surface area contributed by atoms with Crippen LogP contribution >= 0.6 is 0 Å². The van der Waals surface area contributed by atoms with Gasteiger partial charge in [0.2, 0.25) is 0 Å². The van der Waals surface area contributed by atoms with Crippen LogP contribution in [0.1, 0.15) is 0 Å². The van der Waals surface area contributed by atoms with Crippen molar-refractivity contribution >= 4 is 11.0 Å². The maximum Gasteiger partial charge on any atom is 0.142 e. The Morgan fingerprint density at radius 2 is 2.45 bits per heavy atom. The van der Waals surface area contributed by atoms with E-state index in [1.165, 1.54) is 0 Å². The number of nitrogens with two attached hydrogens (primary N) is 1. The number of hydrogen-bond donors (Lipinski definition) is 3. The minimum atomic E-state index is 0.271. The molecule has 0 aliphatic rings. The van der Waals surface area contributed by atoms with Gasteiger partial charge in [-0.2, -0.15) is 0 Å². The zero-order valence-electron chi connectivity index (χ0n) is 5.91. The fourth-order valence-corrected chi connectivity index (χ4v) is 1.21. The highest BCUT2D eigenvalue weighted by Gasteiger charge is 2.04. The molecule has 4 nitrogen and oxygen atoms in total. The molecule has 0 saturated carbocycles. The van der Waals surface area contributed by atoms with Gasteiger partial charge in [-0.05, 0) is 6.07 Å². The van der Waals surface area contributed by atoms with Crippen LogP contribution in [-0.4, -0.2) is 14.7 Å². The van der Waals surface area contributed by atoms with Gasteiger partial charge in [-0.15, -0.1) is 0 Å². The van der Waals surface area contributed by atoms with Gasteiger partial charge in [0.1, 0.15) is 11.4 Å². The fraction of sp³-hybridized carbons (Fsp3) is 0.143. The fourth-order valence-electron chi connectivity index (χ4n) is 1.21. The lowest BCUT2D eigenvalue weighted by molar-refractivity contribution is 0.481. The second-order valence-corrected chi connectivity index (χ2v) is 2.40. The summed E-state index contributed by atoms with van der Waals surface area (Å²) in [6.07, 6.45) is 3.39. The van der Waals surface area contributed by atoms with Gasteiger partial charge in [0.05, 0.1) is 12.1 Å². The molecular weight excluding hydrogens is 142 g/mol. The topological polar surface area (TPSA) is 67.0 Å². The normalized spacial score (nSPS) is 11.0. The van der Waals surface area contributed by atoms with Crippen LogP contribution in [0.3, 0.4) is 0 Å². The van der Waals surface area contributed by atoms with Gasteiger partial charge in [0.15, 0.2) is 0 Å². The molecule has 0 radical (unpaired) electrons. The van der Waals surface area contributed by atoms with Gasteiger partial charge in [0, 0.05) is 12.4 Å². The summed E-state index contributed by atoms with van der Waals surface area (Å²) in [5, 5.41) is 10.0. The van der Waals surface area contributed by atoms with E-state index < -0.39 is 0 Å². The molecule has 0 unspecified atom stereocenters. The monoisotopic (exact) mass is 151 g/mol. The average molecular weight is 151 g/mol. The Labute approximate surface area is 63.2 Å². The van der Waals surface area contributed by atoms with Crippen molar-refractivity contribution in [2.45, 2.75) is 6.67 Å². The Bertz CT molecular complexity index is 374. The van der Waals surface area contributed by atoms with Gasteiger partial charge < -0.3 is 20.4 Å². The SMILES string of the molecule is NCn1ccc2c(O)c[nH]c21. The van der Waals surface area contributed by atoms with E-state index in [4.69, 9.17) is 5.73 Å². The predicted molar refractivity (Wildman–Crippen MR) is 42.1 cm³/mol. The number of aromatic nitrogens is 2. The lowest BCUT2D eigenvalue weighted by Crippen LogP contribution is -2.04. The Morgan fingerprint density at radius 3 is 3.18 bits per heavy atom. The Morgan fingerprint density at radius 1 is 1.64 bits per heavy atom. The zero-order chi connectivity index (χ0) is 7.84. The van der Waals surface area contributed by atoms with Crippen LogP contribution in [0.5, 0.6) is 5.75 Å². The van der Waals surface area contributed by atoms with Gasteiger partial charge in [-0.3, -0.25) is 0 Å². The van der Waals surface area contributed by atoms with Crippen LogP contribution in [0.2, 0.25) is 0 Å². The molecule has 0 saturated heterocycles. The van der Waals surface area contributed by atoms with Crippen molar-refractivity contribution in [3.8, 4) is 5.75 Å². The largest absolute Gasteiger partial charge is 0.506 e. The van der Waals surface area contributed by atoms with Crippen molar-refractivity contribution < 1.29 is 5.11 Å². The third kappa shape index (κ3) is 0.729. The second-order valence-electron chi connectivity index (χ2n) is 2.40. The van der Waals surface area contributed by atoms with Crippen molar-refractivity contribution in [2.75, 3.05) is 0 Å². The summed E-state index contributed by atoms with van der Waals surface area (Å²) in [7, 11) is 0. The molecule has 0 bridgehead atoms. The van der Waals surface area contributed by atoms with Crippen LogP contribution in [0.25, 0.3) is 11.0 Å². The van der Waals surface area contributed by atoms with Crippen LogP contribution in [0.4, 0.5) is 0 Å². The Hall–Kier alpha value is -1.42. The first-order valence-electron chi connectivity index (χ1n) is 3.38. The first-order chi connectivity index (χ1) is 5.33. The van der Waals surface area contributed by atoms with Crippen molar-refractivity contribution in [2.24, 2.45) is 5.73 Å². The third-order valence-electron chi connectivity index (χ3n) is 1.78. The van der Waals surface area contributed by atoms with Crippen molar-refractivity contribution in [3.05, 3.63) is 18.5 Å². The molecule has 0 spiro atoms. The number of aromatic hydroxyl groups is 1. The highest BCUT2D eigenvalue weighted by molar-refractivity contribution is 5.83. The zero-order valence-corrected chi connectivity index (χ0v) is 5.91. The molecule has 2 rings (SSSR count). The van der Waals surface area contributed by atoms with Crippen LogP contribution in [-0.2, 0) is 6.67 Å². The van der Waals surface area contributed by atoms with E-state index in [-0.39, 0.29) is 5.75 Å². The lowest BCUT2D eigenvalue weighted by atomic mass is 10.4. The molecule has 2 aromatic rings. The number of hydrogen-bond acceptors (Lipinski definition) is 2. The molecule has 0 fully saturated rings. The molecule has 0 aliphatic heterocycles. The molecule has 2 heterocycles. The summed E-state index contributed by atoms with van der Waals surface area (Å²) in [4.78, 5) is 2.92. The molecule has 4 heteroatoms. The van der Waals surface area contributed by atoms with Gasteiger partial charge in [0.25, 0.3) is 0 Å². The average Bonchev–Trinajstić information content (AvgIpc) is 2.53. The Balaban J connectivity index is 2.77. The molecule has 0 aliphatic carbocycles. The van der Waals surface area contributed by atoms with E-state index in [0.29, 0.717) is 6.67 Å². The molecule has 0 aromatic carbocycles. The van der Waals surface area contributed by atoms with Gasteiger partial charge in [-0.25, -0.2) is 0 Å². The van der Waals surface area contributed by atoms with Crippen molar-refractivity contribution in [3.63, 3.8) is 0 Å². The predicted octanol–water partition coefficient (Wildman–Crippen LogP) is 0.591. The first kappa shape index (κ1) is 6.30. The first-order valence-corrected chi connectivity index (χ1v) is 3.38. The quantitative estimate of drug-likeness (QED) is 0.558. The standard InChI is InChI=1S/C7H9N3O/c8-4-10-2-1-5-6(11)3-9-7(5)10/h1-3,9,11H,4,8H2. The molecule has 58 valence electrons. The van der Waals surface area contributed by atoms with Gasteiger partial charge in [-0.1, -0.05) is 0 Å². The maximum absolute atomic E-state index is 9.23. The number of rotatable bonds is 1. The molecule has 2 aromatic heterocycles. The van der Waals surface area contributed by atoms with E-state index in [2.05, 4.69) is 4.98 Å². The van der Waals surface area contributed by atoms with E-state index in [1.54, 1.807) is 6.20 Å². The summed E-state index contributed by atoms with van der Waals surface area (Å²) in [6.45, 7) is 0.420. The van der Waals surface area contributed by atoms with Crippen LogP contribution in [0, 0.1) is 0 Å². The van der Waals surface area contributed by atoms with Crippen molar-refractivity contribution in [1.29, 1.82) is 0 Å². The third-order valence-corrected chi connectivity index (χ3v) is 1.78. The highest BCUT2D eigenvalue weighted by atomic mass is 16.3. The lowest BCUT2D eigenvalue weighted by Gasteiger charge is -1.94. The number of H-pyrrole nitrogens is 1. The van der Waals surface area contributed by atoms with Crippen LogP contribution < -0.4 is 5.73 Å². The maximum atomic E-state index is 9.23. The van der Waals surface area contributed by atoms with E-state index in [0.717, 1.165) is 11.0 Å². The highest BCUT2D eigenvalue weighted by Crippen LogP contribution is 2.23. The molecular formula is C7H9N3O. The number of nitrogens with zero attached hydrogens (tertiary/aromatic N) is 1. The smallest absolute Gasteiger partial charge is 0.142 e. The number of fused-ring (bicyclic) bond motifs is 1. The minimum absolute atomic E-state index is 0.271. The summed E-state index contributed by atoms with van der Waals surface area (Å²) in [5.41, 5.74) is 6.30. The number of nitrogens with one attached hydrogen (secondary N) is 1. The Kier molecular flexibility index (Phi) is 1.16. The molecule has 0 atom stereocenters. The van der Waals surface area contributed by atoms with Crippen LogP contribution in [0.15, 0.2) is 18.5 Å².